The van der Waals surface area contributed by atoms with Crippen LogP contribution in [0, 0.1) is 28.6 Å². The van der Waals surface area contributed by atoms with E-state index in [0.717, 1.165) is 19.3 Å². The quantitative estimate of drug-likeness (QED) is 0.333. The SMILES string of the molecule is C=C1C(=O)[C@]23CC[C@H]1CC2[C@@]1(CCCC)C(=O)OCCC1[C@H](Cl)C3=O. The minimum Gasteiger partial charge on any atom is -0.465 e. The molecule has 4 nitrogen and oxygen atoms in total. The molecule has 0 aromatic carbocycles. The van der Waals surface area contributed by atoms with Gasteiger partial charge in [0.2, 0.25) is 0 Å². The maximum atomic E-state index is 13.3. The first-order valence-corrected chi connectivity index (χ1v) is 9.94. The number of alkyl halides is 1. The van der Waals surface area contributed by atoms with Crippen LogP contribution in [0.1, 0.15) is 51.9 Å². The number of esters is 1. The Hall–Kier alpha value is -1.16. The number of hydrogen-bond acceptors (Lipinski definition) is 4. The molecular formula is C20H25ClO4. The largest absolute Gasteiger partial charge is 0.465 e. The predicted octanol–water partition coefficient (Wildman–Crippen LogP) is 3.46. The molecule has 136 valence electrons. The number of fused-ring (bicyclic) bond motifs is 3. The number of halogens is 1. The van der Waals surface area contributed by atoms with Crippen LogP contribution in [0.4, 0.5) is 0 Å². The van der Waals surface area contributed by atoms with Gasteiger partial charge in [0.05, 0.1) is 22.8 Å². The summed E-state index contributed by atoms with van der Waals surface area (Å²) in [4.78, 5) is 39.6. The van der Waals surface area contributed by atoms with Gasteiger partial charge in [0.1, 0.15) is 0 Å². The van der Waals surface area contributed by atoms with E-state index in [1.165, 1.54) is 0 Å². The van der Waals surface area contributed by atoms with Crippen molar-refractivity contribution in [3.63, 3.8) is 0 Å². The molecular weight excluding hydrogens is 340 g/mol. The van der Waals surface area contributed by atoms with E-state index in [2.05, 4.69) is 13.5 Å². The monoisotopic (exact) mass is 364 g/mol. The van der Waals surface area contributed by atoms with Crippen molar-refractivity contribution in [2.24, 2.45) is 28.6 Å². The smallest absolute Gasteiger partial charge is 0.312 e. The minimum atomic E-state index is -1.14. The van der Waals surface area contributed by atoms with Crippen molar-refractivity contribution in [3.8, 4) is 0 Å². The average molecular weight is 365 g/mol. The normalized spacial score (nSPS) is 45.8. The molecule has 1 aliphatic heterocycles. The number of cyclic esters (lactones) is 1. The van der Waals surface area contributed by atoms with Gasteiger partial charge in [-0.2, -0.15) is 0 Å². The van der Waals surface area contributed by atoms with Crippen LogP contribution < -0.4 is 0 Å². The van der Waals surface area contributed by atoms with Gasteiger partial charge in [0.15, 0.2) is 11.6 Å². The summed E-state index contributed by atoms with van der Waals surface area (Å²) in [5.74, 6) is -0.939. The molecule has 25 heavy (non-hydrogen) atoms. The van der Waals surface area contributed by atoms with Crippen molar-refractivity contribution >= 4 is 29.1 Å². The van der Waals surface area contributed by atoms with E-state index < -0.39 is 16.2 Å². The molecule has 0 N–H and O–H groups in total. The Balaban J connectivity index is 1.91. The fraction of sp³-hybridized carbons (Fsp3) is 0.750. The zero-order valence-corrected chi connectivity index (χ0v) is 15.4. The van der Waals surface area contributed by atoms with Gasteiger partial charge in [0.25, 0.3) is 0 Å². The third-order valence-electron chi connectivity index (χ3n) is 7.50. The second-order valence-corrected chi connectivity index (χ2v) is 8.76. The van der Waals surface area contributed by atoms with E-state index in [4.69, 9.17) is 16.3 Å². The lowest BCUT2D eigenvalue weighted by Gasteiger charge is -2.63. The topological polar surface area (TPSA) is 60.4 Å². The molecule has 1 spiro atoms. The first-order valence-electron chi connectivity index (χ1n) is 9.50. The van der Waals surface area contributed by atoms with E-state index >= 15 is 0 Å². The summed E-state index contributed by atoms with van der Waals surface area (Å²) in [5, 5.41) is -0.785. The fourth-order valence-corrected chi connectivity index (χ4v) is 6.83. The highest BCUT2D eigenvalue weighted by atomic mass is 35.5. The van der Waals surface area contributed by atoms with E-state index in [1.54, 1.807) is 0 Å². The van der Waals surface area contributed by atoms with Crippen LogP contribution in [0.5, 0.6) is 0 Å². The third-order valence-corrected chi connectivity index (χ3v) is 8.01. The van der Waals surface area contributed by atoms with E-state index in [9.17, 15) is 14.4 Å². The highest BCUT2D eigenvalue weighted by Gasteiger charge is 2.74. The highest BCUT2D eigenvalue weighted by Crippen LogP contribution is 2.68. The second-order valence-electron chi connectivity index (χ2n) is 8.29. The summed E-state index contributed by atoms with van der Waals surface area (Å²) in [5.41, 5.74) is -1.37. The Kier molecular flexibility index (Phi) is 3.91. The Morgan fingerprint density at radius 1 is 1.28 bits per heavy atom. The fourth-order valence-electron chi connectivity index (χ4n) is 6.29. The van der Waals surface area contributed by atoms with Gasteiger partial charge in [-0.15, -0.1) is 11.6 Å². The maximum absolute atomic E-state index is 13.3. The molecule has 5 aliphatic rings. The summed E-state index contributed by atoms with van der Waals surface area (Å²) >= 11 is 6.65. The van der Waals surface area contributed by atoms with Gasteiger partial charge in [-0.05, 0) is 49.5 Å². The molecule has 1 heterocycles. The van der Waals surface area contributed by atoms with Crippen LogP contribution in [-0.4, -0.2) is 29.5 Å². The lowest BCUT2D eigenvalue weighted by atomic mass is 9.39. The number of hydrogen-bond donors (Lipinski definition) is 0. The van der Waals surface area contributed by atoms with Gasteiger partial charge >= 0.3 is 5.97 Å². The minimum absolute atomic E-state index is 0.0907. The van der Waals surface area contributed by atoms with Crippen molar-refractivity contribution in [3.05, 3.63) is 12.2 Å². The molecule has 4 saturated carbocycles. The van der Waals surface area contributed by atoms with Gasteiger partial charge in [-0.1, -0.05) is 26.3 Å². The number of carbonyl (C=O) groups is 3. The van der Waals surface area contributed by atoms with E-state index in [1.807, 2.05) is 0 Å². The molecule has 4 aliphatic carbocycles. The summed E-state index contributed by atoms with van der Waals surface area (Å²) in [6.07, 6.45) is 5.08. The van der Waals surface area contributed by atoms with Gasteiger partial charge < -0.3 is 4.74 Å². The summed E-state index contributed by atoms with van der Waals surface area (Å²) in [6, 6.07) is 0. The van der Waals surface area contributed by atoms with Crippen LogP contribution in [-0.2, 0) is 19.1 Å². The van der Waals surface area contributed by atoms with Gasteiger partial charge in [-0.3, -0.25) is 14.4 Å². The average Bonchev–Trinajstić information content (AvgIpc) is 2.62. The molecule has 0 aromatic rings. The first kappa shape index (κ1) is 17.3. The Labute approximate surface area is 153 Å². The predicted molar refractivity (Wildman–Crippen MR) is 93.1 cm³/mol. The molecule has 5 rings (SSSR count). The number of allylic oxidation sites excluding steroid dienone is 1. The zero-order chi connectivity index (χ0) is 18.0. The number of rotatable bonds is 3. The van der Waals surface area contributed by atoms with E-state index in [0.29, 0.717) is 37.9 Å². The zero-order valence-electron chi connectivity index (χ0n) is 14.7. The molecule has 1 saturated heterocycles. The standard InChI is InChI=1S/C20H25ClO4/c1-3-4-7-19-13(6-9-25-18(19)24)15(21)17(23)20-8-5-12(10-14(19)20)11(2)16(20)22/h12-15H,2-10H2,1H3/t12-,13?,14?,15-,19-,20-/m0/s1. The van der Waals surface area contributed by atoms with E-state index in [-0.39, 0.29) is 35.3 Å². The third kappa shape index (κ3) is 1.92. The van der Waals surface area contributed by atoms with Crippen molar-refractivity contribution in [2.45, 2.75) is 57.2 Å². The Bertz CT molecular complexity index is 671. The highest BCUT2D eigenvalue weighted by molar-refractivity contribution is 6.36. The molecule has 5 heteroatoms. The Morgan fingerprint density at radius 3 is 2.76 bits per heavy atom. The number of Topliss-reactive ketones (excluding diaryl/α,β-unsaturated/α-hetero) is 2. The van der Waals surface area contributed by atoms with Crippen LogP contribution in [0.15, 0.2) is 12.2 Å². The van der Waals surface area contributed by atoms with Crippen LogP contribution >= 0.6 is 11.6 Å². The number of unbranched alkanes of at least 4 members (excludes halogenated alkanes) is 1. The van der Waals surface area contributed by atoms with Crippen LogP contribution in [0.2, 0.25) is 0 Å². The lowest BCUT2D eigenvalue weighted by Crippen LogP contribution is -2.71. The molecule has 5 fully saturated rings. The first-order chi connectivity index (χ1) is 11.9. The summed E-state index contributed by atoms with van der Waals surface area (Å²) in [7, 11) is 0. The number of carbonyl (C=O) groups excluding carboxylic acids is 3. The number of ketones is 2. The molecule has 2 unspecified atom stereocenters. The molecule has 6 atom stereocenters. The Morgan fingerprint density at radius 2 is 2.04 bits per heavy atom. The van der Waals surface area contributed by atoms with Crippen molar-refractivity contribution in [2.75, 3.05) is 6.61 Å². The van der Waals surface area contributed by atoms with Crippen molar-refractivity contribution in [1.82, 2.24) is 0 Å². The lowest BCUT2D eigenvalue weighted by molar-refractivity contribution is -0.200. The number of ether oxygens (including phenoxy) is 1. The van der Waals surface area contributed by atoms with Gasteiger partial charge in [-0.25, -0.2) is 0 Å². The second kappa shape index (κ2) is 5.67. The molecule has 0 radical (unpaired) electrons. The van der Waals surface area contributed by atoms with Crippen molar-refractivity contribution in [1.29, 1.82) is 0 Å². The summed E-state index contributed by atoms with van der Waals surface area (Å²) in [6.45, 7) is 6.37. The maximum Gasteiger partial charge on any atom is 0.312 e. The van der Waals surface area contributed by atoms with Crippen molar-refractivity contribution < 1.29 is 19.1 Å². The molecule has 0 aromatic heterocycles. The summed E-state index contributed by atoms with van der Waals surface area (Å²) < 4.78 is 5.50. The van der Waals surface area contributed by atoms with Crippen LogP contribution in [0.3, 0.4) is 0 Å². The molecule has 2 bridgehead atoms. The van der Waals surface area contributed by atoms with Crippen LogP contribution in [0.25, 0.3) is 0 Å². The molecule has 0 amide bonds. The van der Waals surface area contributed by atoms with Gasteiger partial charge in [0, 0.05) is 5.92 Å².